The first-order chi connectivity index (χ1) is 13.1. The lowest BCUT2D eigenvalue weighted by molar-refractivity contribution is -0.118. The van der Waals surface area contributed by atoms with E-state index in [0.29, 0.717) is 34.4 Å². The average molecular weight is 371 g/mol. The van der Waals surface area contributed by atoms with Gasteiger partial charge in [-0.15, -0.1) is 0 Å². The van der Waals surface area contributed by atoms with Crippen molar-refractivity contribution in [3.63, 3.8) is 0 Å². The molecule has 1 amide bonds. The van der Waals surface area contributed by atoms with Gasteiger partial charge in [-0.2, -0.15) is 0 Å². The van der Waals surface area contributed by atoms with Gasteiger partial charge in [-0.3, -0.25) is 4.79 Å². The van der Waals surface area contributed by atoms with Crippen molar-refractivity contribution in [2.75, 3.05) is 33.4 Å². The predicted molar refractivity (Wildman–Crippen MR) is 98.2 cm³/mol. The summed E-state index contributed by atoms with van der Waals surface area (Å²) in [5, 5.41) is 2.99. The Hall–Kier alpha value is -3.09. The number of hydrogen-bond donors (Lipinski definition) is 1. The molecule has 1 fully saturated rings. The van der Waals surface area contributed by atoms with Gasteiger partial charge in [-0.25, -0.2) is 0 Å². The summed E-state index contributed by atoms with van der Waals surface area (Å²) in [7, 11) is 4.62. The molecule has 1 heterocycles. The lowest BCUT2D eigenvalue weighted by Crippen LogP contribution is -2.27. The Labute approximate surface area is 157 Å². The third-order valence-corrected chi connectivity index (χ3v) is 5.03. The van der Waals surface area contributed by atoms with E-state index in [0.717, 1.165) is 18.4 Å². The van der Waals surface area contributed by atoms with E-state index >= 15 is 0 Å². The molecule has 0 unspecified atom stereocenters. The number of anilines is 1. The van der Waals surface area contributed by atoms with Gasteiger partial charge in [0, 0.05) is 17.8 Å². The van der Waals surface area contributed by atoms with Crippen LogP contribution in [0.4, 0.5) is 5.69 Å². The van der Waals surface area contributed by atoms with Crippen molar-refractivity contribution in [3.8, 4) is 28.7 Å². The third-order valence-electron chi connectivity index (χ3n) is 5.03. The number of carbonyl (C=O) groups is 1. The highest BCUT2D eigenvalue weighted by molar-refractivity contribution is 6.02. The molecule has 0 aromatic heterocycles. The standard InChI is InChI=1S/C20H21NO6/c1-23-16-9-13(10-17(24-2)18(16)25-3)21-19(22)20(6-7-20)12-4-5-14-15(8-12)27-11-26-14/h4-5,8-10H,6-7,11H2,1-3H3,(H,21,22). The molecule has 0 spiro atoms. The quantitative estimate of drug-likeness (QED) is 0.841. The largest absolute Gasteiger partial charge is 0.493 e. The molecule has 0 saturated heterocycles. The summed E-state index contributed by atoms with van der Waals surface area (Å²) < 4.78 is 26.8. The number of benzene rings is 2. The molecule has 2 aliphatic rings. The zero-order chi connectivity index (χ0) is 19.0. The van der Waals surface area contributed by atoms with Crippen LogP contribution >= 0.6 is 0 Å². The smallest absolute Gasteiger partial charge is 0.235 e. The molecule has 7 heteroatoms. The molecule has 1 aliphatic carbocycles. The number of methoxy groups -OCH3 is 3. The van der Waals surface area contributed by atoms with Crippen LogP contribution in [0.25, 0.3) is 0 Å². The van der Waals surface area contributed by atoms with Gasteiger partial charge < -0.3 is 29.0 Å². The Morgan fingerprint density at radius 1 is 0.963 bits per heavy atom. The second-order valence-corrected chi connectivity index (χ2v) is 6.52. The Morgan fingerprint density at radius 3 is 2.22 bits per heavy atom. The molecule has 27 heavy (non-hydrogen) atoms. The topological polar surface area (TPSA) is 75.3 Å². The first-order valence-electron chi connectivity index (χ1n) is 8.63. The van der Waals surface area contributed by atoms with Crippen LogP contribution in [0.2, 0.25) is 0 Å². The van der Waals surface area contributed by atoms with Crippen molar-refractivity contribution in [3.05, 3.63) is 35.9 Å². The number of rotatable bonds is 6. The van der Waals surface area contributed by atoms with E-state index in [1.54, 1.807) is 12.1 Å². The van der Waals surface area contributed by atoms with Gasteiger partial charge in [0.15, 0.2) is 23.0 Å². The molecule has 1 aliphatic heterocycles. The number of ether oxygens (including phenoxy) is 5. The van der Waals surface area contributed by atoms with Crippen molar-refractivity contribution in [1.82, 2.24) is 0 Å². The fourth-order valence-electron chi connectivity index (χ4n) is 3.37. The molecular weight excluding hydrogens is 350 g/mol. The van der Waals surface area contributed by atoms with E-state index in [1.807, 2.05) is 18.2 Å². The van der Waals surface area contributed by atoms with Crippen LogP contribution in [0.5, 0.6) is 28.7 Å². The summed E-state index contributed by atoms with van der Waals surface area (Å²) in [6.07, 6.45) is 1.56. The summed E-state index contributed by atoms with van der Waals surface area (Å²) in [6, 6.07) is 9.10. The van der Waals surface area contributed by atoms with E-state index in [4.69, 9.17) is 23.7 Å². The third kappa shape index (κ3) is 2.89. The maximum Gasteiger partial charge on any atom is 0.235 e. The van der Waals surface area contributed by atoms with Crippen LogP contribution in [-0.4, -0.2) is 34.0 Å². The summed E-state index contributed by atoms with van der Waals surface area (Å²) in [4.78, 5) is 13.1. The maximum absolute atomic E-state index is 13.1. The fourth-order valence-corrected chi connectivity index (χ4v) is 3.37. The summed E-state index contributed by atoms with van der Waals surface area (Å²) in [6.45, 7) is 0.212. The summed E-state index contributed by atoms with van der Waals surface area (Å²) >= 11 is 0. The highest BCUT2D eigenvalue weighted by Gasteiger charge is 2.51. The average Bonchev–Trinajstić information content (AvgIpc) is 3.38. The number of carbonyl (C=O) groups excluding carboxylic acids is 1. The monoisotopic (exact) mass is 371 g/mol. The molecule has 0 atom stereocenters. The first kappa shape index (κ1) is 17.3. The Balaban J connectivity index is 1.61. The lowest BCUT2D eigenvalue weighted by atomic mass is 9.94. The number of hydrogen-bond acceptors (Lipinski definition) is 6. The van der Waals surface area contributed by atoms with Gasteiger partial charge in [0.05, 0.1) is 26.7 Å². The molecule has 4 rings (SSSR count). The summed E-state index contributed by atoms with van der Waals surface area (Å²) in [5.41, 5.74) is 0.958. The van der Waals surface area contributed by atoms with Crippen molar-refractivity contribution in [1.29, 1.82) is 0 Å². The Kier molecular flexibility index (Phi) is 4.22. The normalized spacial score (nSPS) is 15.8. The van der Waals surface area contributed by atoms with Crippen LogP contribution in [0.1, 0.15) is 18.4 Å². The highest BCUT2D eigenvalue weighted by Crippen LogP contribution is 2.51. The maximum atomic E-state index is 13.1. The van der Waals surface area contributed by atoms with Crippen LogP contribution in [0.15, 0.2) is 30.3 Å². The first-order valence-corrected chi connectivity index (χ1v) is 8.63. The second-order valence-electron chi connectivity index (χ2n) is 6.52. The fraction of sp³-hybridized carbons (Fsp3) is 0.350. The molecule has 1 saturated carbocycles. The van der Waals surface area contributed by atoms with Crippen molar-refractivity contribution < 1.29 is 28.5 Å². The number of amides is 1. The zero-order valence-corrected chi connectivity index (χ0v) is 15.5. The minimum absolute atomic E-state index is 0.0735. The molecule has 142 valence electrons. The Morgan fingerprint density at radius 2 is 1.63 bits per heavy atom. The van der Waals surface area contributed by atoms with Crippen molar-refractivity contribution in [2.24, 2.45) is 0 Å². The minimum Gasteiger partial charge on any atom is -0.493 e. The van der Waals surface area contributed by atoms with Crippen LogP contribution in [0, 0.1) is 0 Å². The van der Waals surface area contributed by atoms with Crippen LogP contribution < -0.4 is 29.0 Å². The zero-order valence-electron chi connectivity index (χ0n) is 15.5. The molecule has 0 bridgehead atoms. The molecular formula is C20H21NO6. The lowest BCUT2D eigenvalue weighted by Gasteiger charge is -2.18. The van der Waals surface area contributed by atoms with Gasteiger partial charge in [-0.05, 0) is 30.5 Å². The Bertz CT molecular complexity index is 865. The number of fused-ring (bicyclic) bond motifs is 1. The van der Waals surface area contributed by atoms with E-state index in [2.05, 4.69) is 5.32 Å². The van der Waals surface area contributed by atoms with E-state index in [9.17, 15) is 4.79 Å². The van der Waals surface area contributed by atoms with Crippen LogP contribution in [0.3, 0.4) is 0 Å². The van der Waals surface area contributed by atoms with Crippen molar-refractivity contribution in [2.45, 2.75) is 18.3 Å². The summed E-state index contributed by atoms with van der Waals surface area (Å²) in [5.74, 6) is 2.77. The molecule has 7 nitrogen and oxygen atoms in total. The predicted octanol–water partition coefficient (Wildman–Crippen LogP) is 3.11. The SMILES string of the molecule is COc1cc(NC(=O)C2(c3ccc4c(c3)OCO4)CC2)cc(OC)c1OC. The number of nitrogens with one attached hydrogen (secondary N) is 1. The van der Waals surface area contributed by atoms with Crippen LogP contribution in [-0.2, 0) is 10.2 Å². The molecule has 0 radical (unpaired) electrons. The molecule has 2 aromatic carbocycles. The van der Waals surface area contributed by atoms with E-state index in [-0.39, 0.29) is 12.7 Å². The van der Waals surface area contributed by atoms with E-state index < -0.39 is 5.41 Å². The van der Waals surface area contributed by atoms with Gasteiger partial charge in [0.1, 0.15) is 0 Å². The van der Waals surface area contributed by atoms with Gasteiger partial charge in [-0.1, -0.05) is 6.07 Å². The van der Waals surface area contributed by atoms with E-state index in [1.165, 1.54) is 21.3 Å². The highest BCUT2D eigenvalue weighted by atomic mass is 16.7. The van der Waals surface area contributed by atoms with Gasteiger partial charge in [0.2, 0.25) is 18.4 Å². The van der Waals surface area contributed by atoms with Gasteiger partial charge >= 0.3 is 0 Å². The minimum atomic E-state index is -0.554. The molecule has 2 aromatic rings. The van der Waals surface area contributed by atoms with Gasteiger partial charge in [0.25, 0.3) is 0 Å². The second kappa shape index (κ2) is 6.57. The van der Waals surface area contributed by atoms with Crippen molar-refractivity contribution >= 4 is 11.6 Å². The molecule has 1 N–H and O–H groups in total.